The van der Waals surface area contributed by atoms with E-state index in [2.05, 4.69) is 5.32 Å². The van der Waals surface area contributed by atoms with E-state index in [0.717, 1.165) is 10.7 Å². The van der Waals surface area contributed by atoms with Gasteiger partial charge in [0, 0.05) is 45.5 Å². The summed E-state index contributed by atoms with van der Waals surface area (Å²) in [5, 5.41) is 2.70. The number of ketones is 1. The van der Waals surface area contributed by atoms with Crippen LogP contribution >= 0.6 is 0 Å². The van der Waals surface area contributed by atoms with E-state index in [1.54, 1.807) is 36.4 Å². The maximum absolute atomic E-state index is 12.5. The molecule has 0 atom stereocenters. The molecule has 0 spiro atoms. The van der Waals surface area contributed by atoms with Crippen molar-refractivity contribution in [1.29, 1.82) is 0 Å². The number of nitrogens with zero attached hydrogens (tertiary/aromatic N) is 1. The van der Waals surface area contributed by atoms with Crippen molar-refractivity contribution in [3.8, 4) is 11.5 Å². The number of rotatable bonds is 8. The van der Waals surface area contributed by atoms with E-state index in [4.69, 9.17) is 9.47 Å². The number of amides is 1. The first-order valence-corrected chi connectivity index (χ1v) is 11.4. The van der Waals surface area contributed by atoms with Crippen LogP contribution in [0.25, 0.3) is 0 Å². The second-order valence-corrected chi connectivity index (χ2v) is 9.43. The first-order chi connectivity index (χ1) is 14.8. The number of benzene rings is 2. The molecule has 0 aromatic heterocycles. The molecule has 0 saturated heterocycles. The highest BCUT2D eigenvalue weighted by molar-refractivity contribution is 7.89. The molecule has 0 bridgehead atoms. The predicted molar refractivity (Wildman–Crippen MR) is 115 cm³/mol. The van der Waals surface area contributed by atoms with Crippen molar-refractivity contribution in [3.63, 3.8) is 0 Å². The average molecular weight is 447 g/mol. The molecule has 166 valence electrons. The molecule has 0 fully saturated rings. The van der Waals surface area contributed by atoms with Crippen molar-refractivity contribution in [2.24, 2.45) is 0 Å². The minimum atomic E-state index is -3.62. The van der Waals surface area contributed by atoms with Gasteiger partial charge in [-0.2, -0.15) is 0 Å². The van der Waals surface area contributed by atoms with Crippen LogP contribution in [0.5, 0.6) is 11.5 Å². The van der Waals surface area contributed by atoms with E-state index in [1.165, 1.54) is 20.2 Å². The van der Waals surface area contributed by atoms with Gasteiger partial charge < -0.3 is 14.8 Å². The molecule has 8 nitrogen and oxygen atoms in total. The fraction of sp³-hybridized carbons (Fsp3) is 0.364. The van der Waals surface area contributed by atoms with Gasteiger partial charge in [0.25, 0.3) is 0 Å². The molecule has 1 amide bonds. The summed E-state index contributed by atoms with van der Waals surface area (Å²) >= 11 is 0. The zero-order chi connectivity index (χ0) is 22.4. The Labute approximate surface area is 182 Å². The fourth-order valence-electron chi connectivity index (χ4n) is 3.09. The summed E-state index contributed by atoms with van der Waals surface area (Å²) in [6.07, 6.45) is 0.802. The predicted octanol–water partition coefficient (Wildman–Crippen LogP) is 2.38. The van der Waals surface area contributed by atoms with Gasteiger partial charge in [0.2, 0.25) is 15.9 Å². The van der Waals surface area contributed by atoms with Crippen LogP contribution in [0, 0.1) is 0 Å². The summed E-state index contributed by atoms with van der Waals surface area (Å²) in [6.45, 7) is 1.15. The number of hydrogen-bond donors (Lipinski definition) is 1. The van der Waals surface area contributed by atoms with E-state index in [-0.39, 0.29) is 36.0 Å². The van der Waals surface area contributed by atoms with E-state index >= 15 is 0 Å². The highest BCUT2D eigenvalue weighted by Gasteiger charge is 2.21. The molecule has 1 heterocycles. The van der Waals surface area contributed by atoms with Crippen molar-refractivity contribution in [2.75, 3.05) is 27.3 Å². The monoisotopic (exact) mass is 446 g/mol. The number of carbonyl (C=O) groups is 2. The number of fused-ring (bicyclic) bond motifs is 1. The molecule has 2 aromatic rings. The number of nitrogens with one attached hydrogen (secondary N) is 1. The first kappa shape index (κ1) is 22.8. The van der Waals surface area contributed by atoms with Crippen molar-refractivity contribution in [2.45, 2.75) is 30.7 Å². The van der Waals surface area contributed by atoms with Gasteiger partial charge in [-0.25, -0.2) is 12.7 Å². The summed E-state index contributed by atoms with van der Waals surface area (Å²) in [5.74, 6) is 0.630. The summed E-state index contributed by atoms with van der Waals surface area (Å²) < 4.78 is 37.2. The molecule has 1 aliphatic rings. The van der Waals surface area contributed by atoms with Crippen molar-refractivity contribution in [3.05, 3.63) is 53.6 Å². The molecule has 9 heteroatoms. The molecular formula is C22H26N2O6S. The number of Topliss-reactive ketones (excluding diaryl/α,β-unsaturated/α-hetero) is 1. The molecule has 1 N–H and O–H groups in total. The summed E-state index contributed by atoms with van der Waals surface area (Å²) in [4.78, 5) is 24.9. The van der Waals surface area contributed by atoms with E-state index in [9.17, 15) is 18.0 Å². The second-order valence-electron chi connectivity index (χ2n) is 7.31. The molecule has 3 rings (SSSR count). The van der Waals surface area contributed by atoms with Gasteiger partial charge in [0.1, 0.15) is 0 Å². The van der Waals surface area contributed by atoms with Gasteiger partial charge in [-0.05, 0) is 29.8 Å². The third-order valence-electron chi connectivity index (χ3n) is 4.86. The van der Waals surface area contributed by atoms with Crippen LogP contribution in [0.3, 0.4) is 0 Å². The lowest BCUT2D eigenvalue weighted by atomic mass is 10.1. The maximum atomic E-state index is 12.5. The van der Waals surface area contributed by atoms with E-state index < -0.39 is 10.0 Å². The molecule has 1 aliphatic heterocycles. The lowest BCUT2D eigenvalue weighted by Gasteiger charge is -2.15. The van der Waals surface area contributed by atoms with Gasteiger partial charge >= 0.3 is 0 Å². The zero-order valence-electron chi connectivity index (χ0n) is 17.6. The number of sulfonamides is 1. The highest BCUT2D eigenvalue weighted by Crippen LogP contribution is 2.30. The smallest absolute Gasteiger partial charge is 0.242 e. The molecular weight excluding hydrogens is 420 g/mol. The van der Waals surface area contributed by atoms with Gasteiger partial charge in [-0.3, -0.25) is 9.59 Å². The van der Waals surface area contributed by atoms with Crippen LogP contribution in [0.1, 0.15) is 35.2 Å². The quantitative estimate of drug-likeness (QED) is 0.625. The number of carbonyl (C=O) groups excluding carboxylic acids is 2. The van der Waals surface area contributed by atoms with Gasteiger partial charge in [0.05, 0.1) is 18.1 Å². The fourth-order valence-corrected chi connectivity index (χ4v) is 4.20. The Kier molecular flexibility index (Phi) is 7.29. The van der Waals surface area contributed by atoms with E-state index in [1.807, 2.05) is 0 Å². The Morgan fingerprint density at radius 2 is 1.71 bits per heavy atom. The summed E-state index contributed by atoms with van der Waals surface area (Å²) in [5.41, 5.74) is 0.943. The molecule has 0 aliphatic carbocycles. The minimum absolute atomic E-state index is 0.00409. The minimum Gasteiger partial charge on any atom is -0.490 e. The Morgan fingerprint density at radius 1 is 1.00 bits per heavy atom. The number of hydrogen-bond acceptors (Lipinski definition) is 6. The first-order valence-electron chi connectivity index (χ1n) is 9.99. The molecule has 2 aromatic carbocycles. The summed E-state index contributed by atoms with van der Waals surface area (Å²) in [6, 6.07) is 11.5. The topological polar surface area (TPSA) is 102 Å². The van der Waals surface area contributed by atoms with Gasteiger partial charge in [-0.15, -0.1) is 0 Å². The third kappa shape index (κ3) is 5.62. The van der Waals surface area contributed by atoms with Crippen LogP contribution in [0.15, 0.2) is 47.4 Å². The van der Waals surface area contributed by atoms with Crippen molar-refractivity contribution < 1.29 is 27.5 Å². The van der Waals surface area contributed by atoms with Crippen LogP contribution in [-0.4, -0.2) is 51.7 Å². The second kappa shape index (κ2) is 9.93. The normalized spacial score (nSPS) is 13.5. The van der Waals surface area contributed by atoms with Crippen molar-refractivity contribution >= 4 is 21.7 Å². The number of ether oxygens (including phenoxy) is 2. The van der Waals surface area contributed by atoms with Gasteiger partial charge in [0.15, 0.2) is 17.3 Å². The third-order valence-corrected chi connectivity index (χ3v) is 6.77. The van der Waals surface area contributed by atoms with Crippen LogP contribution in [-0.2, 0) is 21.4 Å². The van der Waals surface area contributed by atoms with Gasteiger partial charge in [-0.1, -0.05) is 18.2 Å². The Morgan fingerprint density at radius 3 is 2.45 bits per heavy atom. The maximum Gasteiger partial charge on any atom is 0.242 e. The molecule has 0 unspecified atom stereocenters. The molecule has 31 heavy (non-hydrogen) atoms. The standard InChI is InChI=1S/C22H26N2O6S/c1-24(2)31(27,28)21-7-4-3-6-17(21)15-23-22(26)11-9-18(25)16-8-10-19-20(14-16)30-13-5-12-29-19/h3-4,6-8,10,14H,5,9,11-13,15H2,1-2H3,(H,23,26). The Hall–Kier alpha value is -2.91. The summed E-state index contributed by atoms with van der Waals surface area (Å²) in [7, 11) is -0.713. The van der Waals surface area contributed by atoms with Crippen molar-refractivity contribution in [1.82, 2.24) is 9.62 Å². The Balaban J connectivity index is 1.57. The van der Waals surface area contributed by atoms with Crippen LogP contribution in [0.4, 0.5) is 0 Å². The zero-order valence-corrected chi connectivity index (χ0v) is 18.4. The van der Waals surface area contributed by atoms with Crippen LogP contribution in [0.2, 0.25) is 0 Å². The average Bonchev–Trinajstić information content (AvgIpc) is 3.01. The molecule has 0 radical (unpaired) electrons. The largest absolute Gasteiger partial charge is 0.490 e. The lowest BCUT2D eigenvalue weighted by molar-refractivity contribution is -0.121. The Bertz CT molecular complexity index is 1070. The van der Waals surface area contributed by atoms with Crippen LogP contribution < -0.4 is 14.8 Å². The molecule has 0 saturated carbocycles. The van der Waals surface area contributed by atoms with E-state index in [0.29, 0.717) is 35.8 Å². The highest BCUT2D eigenvalue weighted by atomic mass is 32.2. The SMILES string of the molecule is CN(C)S(=O)(=O)c1ccccc1CNC(=O)CCC(=O)c1ccc2c(c1)OCCCO2. The lowest BCUT2D eigenvalue weighted by Crippen LogP contribution is -2.27.